The van der Waals surface area contributed by atoms with E-state index in [1.165, 1.54) is 0 Å². The van der Waals surface area contributed by atoms with Crippen molar-refractivity contribution in [2.75, 3.05) is 6.61 Å². The van der Waals surface area contributed by atoms with Gasteiger partial charge >= 0.3 is 0 Å². The molecule has 1 saturated heterocycles. The molecule has 0 aliphatic carbocycles. The zero-order valence-electron chi connectivity index (χ0n) is 4.68. The van der Waals surface area contributed by atoms with E-state index >= 15 is 0 Å². The first-order valence-corrected chi connectivity index (χ1v) is 2.86. The minimum atomic E-state index is 0.542. The molecular formula is C6H11O. The average Bonchev–Trinajstić information content (AvgIpc) is 2.14. The summed E-state index contributed by atoms with van der Waals surface area (Å²) in [5.74, 6) is 0. The van der Waals surface area contributed by atoms with Crippen LogP contribution in [0.5, 0.6) is 0 Å². The molecule has 0 aromatic carbocycles. The molecule has 1 heteroatoms. The summed E-state index contributed by atoms with van der Waals surface area (Å²) in [6, 6.07) is 0. The molecule has 0 N–H and O–H groups in total. The fraction of sp³-hybridized carbons (Fsp3) is 0.833. The molecule has 1 aliphatic heterocycles. The molecular weight excluding hydrogens is 88.1 g/mol. The average molecular weight is 99.2 g/mol. The SMILES string of the molecule is CCC1C[CH]CO1. The van der Waals surface area contributed by atoms with Crippen molar-refractivity contribution in [2.24, 2.45) is 0 Å². The van der Waals surface area contributed by atoms with Crippen molar-refractivity contribution in [3.05, 3.63) is 6.42 Å². The Hall–Kier alpha value is -0.0400. The molecule has 0 aromatic heterocycles. The van der Waals surface area contributed by atoms with Crippen LogP contribution in [0.1, 0.15) is 19.8 Å². The summed E-state index contributed by atoms with van der Waals surface area (Å²) < 4.78 is 5.25. The summed E-state index contributed by atoms with van der Waals surface area (Å²) >= 11 is 0. The normalized spacial score (nSPS) is 31.3. The van der Waals surface area contributed by atoms with E-state index in [4.69, 9.17) is 4.74 Å². The summed E-state index contributed by atoms with van der Waals surface area (Å²) in [5, 5.41) is 0. The van der Waals surface area contributed by atoms with Crippen LogP contribution in [0.2, 0.25) is 0 Å². The van der Waals surface area contributed by atoms with E-state index in [1.807, 2.05) is 0 Å². The van der Waals surface area contributed by atoms with Crippen LogP contribution in [0, 0.1) is 6.42 Å². The third-order valence-electron chi connectivity index (χ3n) is 1.33. The van der Waals surface area contributed by atoms with Crippen molar-refractivity contribution in [1.82, 2.24) is 0 Å². The predicted octanol–water partition coefficient (Wildman–Crippen LogP) is 1.39. The second kappa shape index (κ2) is 2.31. The number of hydrogen-bond acceptors (Lipinski definition) is 1. The quantitative estimate of drug-likeness (QED) is 0.482. The number of hydrogen-bond donors (Lipinski definition) is 0. The highest BCUT2D eigenvalue weighted by molar-refractivity contribution is 4.76. The van der Waals surface area contributed by atoms with E-state index < -0.39 is 0 Å². The standard InChI is InChI=1S/C6H11O/c1-2-6-4-3-5-7-6/h3,6H,2,4-5H2,1H3. The van der Waals surface area contributed by atoms with Gasteiger partial charge in [-0.25, -0.2) is 0 Å². The molecule has 0 spiro atoms. The Bertz CT molecular complexity index is 46.1. The van der Waals surface area contributed by atoms with Gasteiger partial charge in [-0.2, -0.15) is 0 Å². The van der Waals surface area contributed by atoms with E-state index in [0.717, 1.165) is 19.4 Å². The van der Waals surface area contributed by atoms with E-state index in [1.54, 1.807) is 0 Å². The second-order valence-corrected chi connectivity index (χ2v) is 1.89. The Balaban J connectivity index is 2.14. The first-order valence-electron chi connectivity index (χ1n) is 2.86. The fourth-order valence-corrected chi connectivity index (χ4v) is 0.811. The molecule has 1 radical (unpaired) electrons. The van der Waals surface area contributed by atoms with Crippen molar-refractivity contribution < 1.29 is 4.74 Å². The fourth-order valence-electron chi connectivity index (χ4n) is 0.811. The smallest absolute Gasteiger partial charge is 0.0576 e. The van der Waals surface area contributed by atoms with E-state index in [0.29, 0.717) is 6.10 Å². The molecule has 1 rings (SSSR count). The van der Waals surface area contributed by atoms with Crippen molar-refractivity contribution in [1.29, 1.82) is 0 Å². The van der Waals surface area contributed by atoms with Crippen molar-refractivity contribution in [3.63, 3.8) is 0 Å². The van der Waals surface area contributed by atoms with Crippen LogP contribution >= 0.6 is 0 Å². The van der Waals surface area contributed by atoms with Gasteiger partial charge in [0.05, 0.1) is 12.7 Å². The Labute approximate surface area is 44.7 Å². The summed E-state index contributed by atoms with van der Waals surface area (Å²) in [5.41, 5.74) is 0. The lowest BCUT2D eigenvalue weighted by molar-refractivity contribution is 0.110. The van der Waals surface area contributed by atoms with Crippen molar-refractivity contribution >= 4 is 0 Å². The molecule has 1 aliphatic rings. The molecule has 1 unspecified atom stereocenters. The molecule has 0 bridgehead atoms. The summed E-state index contributed by atoms with van der Waals surface area (Å²) in [6.07, 6.45) is 5.06. The Morgan fingerprint density at radius 3 is 3.00 bits per heavy atom. The van der Waals surface area contributed by atoms with Crippen molar-refractivity contribution in [2.45, 2.75) is 25.9 Å². The number of rotatable bonds is 1. The Morgan fingerprint density at radius 2 is 2.71 bits per heavy atom. The van der Waals surface area contributed by atoms with Crippen LogP contribution < -0.4 is 0 Å². The summed E-state index contributed by atoms with van der Waals surface area (Å²) in [4.78, 5) is 0. The second-order valence-electron chi connectivity index (χ2n) is 1.89. The molecule has 1 atom stereocenters. The molecule has 0 saturated carbocycles. The predicted molar refractivity (Wildman–Crippen MR) is 28.9 cm³/mol. The lowest BCUT2D eigenvalue weighted by Gasteiger charge is -2.01. The zero-order valence-corrected chi connectivity index (χ0v) is 4.68. The first-order chi connectivity index (χ1) is 3.43. The first kappa shape index (κ1) is 5.10. The van der Waals surface area contributed by atoms with Crippen LogP contribution in [-0.2, 0) is 4.74 Å². The van der Waals surface area contributed by atoms with Crippen LogP contribution in [-0.4, -0.2) is 12.7 Å². The van der Waals surface area contributed by atoms with Crippen LogP contribution in [0.25, 0.3) is 0 Å². The van der Waals surface area contributed by atoms with Crippen LogP contribution in [0.3, 0.4) is 0 Å². The van der Waals surface area contributed by atoms with Gasteiger partial charge in [0.1, 0.15) is 0 Å². The summed E-state index contributed by atoms with van der Waals surface area (Å²) in [7, 11) is 0. The number of ether oxygens (including phenoxy) is 1. The van der Waals surface area contributed by atoms with Gasteiger partial charge in [0.15, 0.2) is 0 Å². The molecule has 1 nitrogen and oxygen atoms in total. The molecule has 1 heterocycles. The topological polar surface area (TPSA) is 9.23 Å². The van der Waals surface area contributed by atoms with Gasteiger partial charge in [0.2, 0.25) is 0 Å². The third-order valence-corrected chi connectivity index (χ3v) is 1.33. The van der Waals surface area contributed by atoms with Gasteiger partial charge in [-0.05, 0) is 19.3 Å². The van der Waals surface area contributed by atoms with Crippen LogP contribution in [0.4, 0.5) is 0 Å². The van der Waals surface area contributed by atoms with Crippen LogP contribution in [0.15, 0.2) is 0 Å². The molecule has 41 valence electrons. The lowest BCUT2D eigenvalue weighted by atomic mass is 10.2. The highest BCUT2D eigenvalue weighted by Gasteiger charge is 2.11. The maximum Gasteiger partial charge on any atom is 0.0576 e. The van der Waals surface area contributed by atoms with Gasteiger partial charge < -0.3 is 4.74 Å². The minimum Gasteiger partial charge on any atom is -0.378 e. The molecule has 1 fully saturated rings. The van der Waals surface area contributed by atoms with Crippen molar-refractivity contribution in [3.8, 4) is 0 Å². The highest BCUT2D eigenvalue weighted by Crippen LogP contribution is 2.12. The third kappa shape index (κ3) is 1.16. The Morgan fingerprint density at radius 1 is 1.86 bits per heavy atom. The largest absolute Gasteiger partial charge is 0.378 e. The maximum atomic E-state index is 5.25. The molecule has 0 aromatic rings. The van der Waals surface area contributed by atoms with Gasteiger partial charge in [-0.15, -0.1) is 0 Å². The van der Waals surface area contributed by atoms with Gasteiger partial charge in [-0.1, -0.05) is 6.92 Å². The molecule has 7 heavy (non-hydrogen) atoms. The van der Waals surface area contributed by atoms with Gasteiger partial charge in [-0.3, -0.25) is 0 Å². The monoisotopic (exact) mass is 99.1 g/mol. The van der Waals surface area contributed by atoms with E-state index in [-0.39, 0.29) is 0 Å². The summed E-state index contributed by atoms with van der Waals surface area (Å²) in [6.45, 7) is 3.03. The van der Waals surface area contributed by atoms with Gasteiger partial charge in [0, 0.05) is 0 Å². The highest BCUT2D eigenvalue weighted by atomic mass is 16.5. The van der Waals surface area contributed by atoms with E-state index in [9.17, 15) is 0 Å². The van der Waals surface area contributed by atoms with Gasteiger partial charge in [0.25, 0.3) is 0 Å². The lowest BCUT2D eigenvalue weighted by Crippen LogP contribution is -2.00. The van der Waals surface area contributed by atoms with E-state index in [2.05, 4.69) is 13.3 Å². The zero-order chi connectivity index (χ0) is 5.11. The Kier molecular flexibility index (Phi) is 1.69. The maximum absolute atomic E-state index is 5.25. The minimum absolute atomic E-state index is 0.542. The molecule has 0 amide bonds.